The number of carbonyl (C=O) groups is 1. The molecule has 0 saturated carbocycles. The Bertz CT molecular complexity index is 471. The van der Waals surface area contributed by atoms with Crippen LogP contribution in [0.3, 0.4) is 0 Å². The van der Waals surface area contributed by atoms with Crippen LogP contribution in [0.1, 0.15) is 27.2 Å². The summed E-state index contributed by atoms with van der Waals surface area (Å²) in [4.78, 5) is 13.6. The number of alkyl carbamates (subject to hydrolysis) is 1. The minimum Gasteiger partial charge on any atom is -0.444 e. The second-order valence-corrected chi connectivity index (χ2v) is 6.19. The first kappa shape index (κ1) is 18.2. The summed E-state index contributed by atoms with van der Waals surface area (Å²) < 4.78 is 18.1. The summed E-state index contributed by atoms with van der Waals surface area (Å²) in [5, 5.41) is 2.72. The first-order valence-corrected chi connectivity index (χ1v) is 7.38. The first-order valence-electron chi connectivity index (χ1n) is 7.38. The highest BCUT2D eigenvalue weighted by Gasteiger charge is 2.17. The van der Waals surface area contributed by atoms with Gasteiger partial charge in [-0.2, -0.15) is 0 Å². The van der Waals surface area contributed by atoms with Crippen molar-refractivity contribution in [1.29, 1.82) is 0 Å². The molecule has 0 fully saturated rings. The summed E-state index contributed by atoms with van der Waals surface area (Å²) in [6.45, 7) is 6.35. The lowest BCUT2D eigenvalue weighted by molar-refractivity contribution is 0.0526. The Morgan fingerprint density at radius 3 is 2.45 bits per heavy atom. The van der Waals surface area contributed by atoms with Gasteiger partial charge in [0.2, 0.25) is 0 Å². The standard InChI is InChI=1S/C16H26FN3O2/c1-16(2,3)22-15(21)19-10-9-14(11-18)20(4)13-7-5-12(17)6-8-13/h5-8,14H,9-11,18H2,1-4H3,(H,19,21). The second-order valence-electron chi connectivity index (χ2n) is 6.19. The number of rotatable bonds is 6. The lowest BCUT2D eigenvalue weighted by Gasteiger charge is -2.29. The summed E-state index contributed by atoms with van der Waals surface area (Å²) >= 11 is 0. The number of anilines is 1. The van der Waals surface area contributed by atoms with E-state index in [9.17, 15) is 9.18 Å². The zero-order valence-electron chi connectivity index (χ0n) is 13.7. The molecule has 22 heavy (non-hydrogen) atoms. The number of hydrogen-bond donors (Lipinski definition) is 2. The zero-order valence-corrected chi connectivity index (χ0v) is 13.7. The molecule has 0 radical (unpaired) electrons. The van der Waals surface area contributed by atoms with E-state index in [0.29, 0.717) is 19.5 Å². The van der Waals surface area contributed by atoms with E-state index in [2.05, 4.69) is 5.32 Å². The third-order valence-corrected chi connectivity index (χ3v) is 3.20. The van der Waals surface area contributed by atoms with Gasteiger partial charge in [0.05, 0.1) is 0 Å². The molecule has 124 valence electrons. The van der Waals surface area contributed by atoms with Crippen LogP contribution in [0.4, 0.5) is 14.9 Å². The Morgan fingerprint density at radius 1 is 1.36 bits per heavy atom. The molecule has 6 heteroatoms. The van der Waals surface area contributed by atoms with Crippen LogP contribution in [-0.2, 0) is 4.74 Å². The number of nitrogens with one attached hydrogen (secondary N) is 1. The number of amides is 1. The number of hydrogen-bond acceptors (Lipinski definition) is 4. The minimum atomic E-state index is -0.512. The summed E-state index contributed by atoms with van der Waals surface area (Å²) in [5.74, 6) is -0.270. The molecule has 1 aromatic rings. The Kier molecular flexibility index (Phi) is 6.61. The normalized spacial score (nSPS) is 12.6. The van der Waals surface area contributed by atoms with Gasteiger partial charge in [0, 0.05) is 31.9 Å². The van der Waals surface area contributed by atoms with E-state index in [1.165, 1.54) is 12.1 Å². The molecule has 1 aromatic carbocycles. The molecular weight excluding hydrogens is 285 g/mol. The molecule has 0 saturated heterocycles. The zero-order chi connectivity index (χ0) is 16.8. The predicted octanol–water partition coefficient (Wildman–Crippen LogP) is 2.50. The monoisotopic (exact) mass is 311 g/mol. The molecule has 1 rings (SSSR count). The van der Waals surface area contributed by atoms with Gasteiger partial charge in [-0.25, -0.2) is 9.18 Å². The van der Waals surface area contributed by atoms with Crippen molar-refractivity contribution in [3.8, 4) is 0 Å². The van der Waals surface area contributed by atoms with Crippen LogP contribution in [0.2, 0.25) is 0 Å². The number of benzene rings is 1. The van der Waals surface area contributed by atoms with E-state index in [4.69, 9.17) is 10.5 Å². The van der Waals surface area contributed by atoms with Gasteiger partial charge in [0.25, 0.3) is 0 Å². The smallest absolute Gasteiger partial charge is 0.407 e. The van der Waals surface area contributed by atoms with Crippen molar-refractivity contribution in [3.63, 3.8) is 0 Å². The maximum absolute atomic E-state index is 13.0. The molecule has 0 heterocycles. The predicted molar refractivity (Wildman–Crippen MR) is 86.5 cm³/mol. The van der Waals surface area contributed by atoms with Crippen molar-refractivity contribution in [2.45, 2.75) is 38.8 Å². The highest BCUT2D eigenvalue weighted by molar-refractivity contribution is 5.67. The lowest BCUT2D eigenvalue weighted by atomic mass is 10.1. The van der Waals surface area contributed by atoms with Crippen molar-refractivity contribution in [1.82, 2.24) is 5.32 Å². The van der Waals surface area contributed by atoms with Gasteiger partial charge in [0.15, 0.2) is 0 Å². The molecule has 0 aliphatic carbocycles. The van der Waals surface area contributed by atoms with Crippen molar-refractivity contribution in [2.24, 2.45) is 5.73 Å². The molecule has 0 aromatic heterocycles. The van der Waals surface area contributed by atoms with Crippen molar-refractivity contribution < 1.29 is 13.9 Å². The van der Waals surface area contributed by atoms with Crippen LogP contribution < -0.4 is 16.0 Å². The van der Waals surface area contributed by atoms with E-state index >= 15 is 0 Å². The fraction of sp³-hybridized carbons (Fsp3) is 0.562. The average Bonchev–Trinajstić information content (AvgIpc) is 2.42. The Labute approximate surface area is 131 Å². The molecular formula is C16H26FN3O2. The van der Waals surface area contributed by atoms with Gasteiger partial charge in [-0.1, -0.05) is 0 Å². The summed E-state index contributed by atoms with van der Waals surface area (Å²) in [6.07, 6.45) is 0.233. The van der Waals surface area contributed by atoms with Crippen molar-refractivity contribution in [2.75, 3.05) is 25.0 Å². The number of nitrogens with zero attached hydrogens (tertiary/aromatic N) is 1. The SMILES string of the molecule is CN(c1ccc(F)cc1)C(CN)CCNC(=O)OC(C)(C)C. The van der Waals surface area contributed by atoms with Crippen LogP contribution >= 0.6 is 0 Å². The molecule has 0 aliphatic heterocycles. The highest BCUT2D eigenvalue weighted by Crippen LogP contribution is 2.16. The summed E-state index contributed by atoms with van der Waals surface area (Å²) in [5.41, 5.74) is 6.17. The van der Waals surface area contributed by atoms with Crippen LogP contribution in [0.15, 0.2) is 24.3 Å². The molecule has 1 atom stereocenters. The fourth-order valence-corrected chi connectivity index (χ4v) is 2.01. The van der Waals surface area contributed by atoms with Crippen LogP contribution in [-0.4, -0.2) is 37.9 Å². The van der Waals surface area contributed by atoms with Crippen LogP contribution in [0, 0.1) is 5.82 Å². The molecule has 0 bridgehead atoms. The van der Waals surface area contributed by atoms with Gasteiger partial charge in [-0.05, 0) is 51.5 Å². The number of nitrogens with two attached hydrogens (primary N) is 1. The average molecular weight is 311 g/mol. The summed E-state index contributed by atoms with van der Waals surface area (Å²) in [7, 11) is 1.90. The number of carbonyl (C=O) groups excluding carboxylic acids is 1. The lowest BCUT2D eigenvalue weighted by Crippen LogP contribution is -2.41. The second kappa shape index (κ2) is 7.98. The van der Waals surface area contributed by atoms with Gasteiger partial charge in [-0.3, -0.25) is 0 Å². The maximum atomic E-state index is 13.0. The Morgan fingerprint density at radius 2 is 1.95 bits per heavy atom. The van der Waals surface area contributed by atoms with Gasteiger partial charge in [0.1, 0.15) is 11.4 Å². The van der Waals surface area contributed by atoms with E-state index in [1.54, 1.807) is 12.1 Å². The number of ether oxygens (including phenoxy) is 1. The topological polar surface area (TPSA) is 67.6 Å². The van der Waals surface area contributed by atoms with Crippen LogP contribution in [0.5, 0.6) is 0 Å². The molecule has 0 spiro atoms. The molecule has 5 nitrogen and oxygen atoms in total. The maximum Gasteiger partial charge on any atom is 0.407 e. The van der Waals surface area contributed by atoms with Crippen molar-refractivity contribution >= 4 is 11.8 Å². The number of halogens is 1. The van der Waals surface area contributed by atoms with Crippen molar-refractivity contribution in [3.05, 3.63) is 30.1 Å². The minimum absolute atomic E-state index is 0.0420. The van der Waals surface area contributed by atoms with Gasteiger partial charge in [-0.15, -0.1) is 0 Å². The summed E-state index contributed by atoms with van der Waals surface area (Å²) in [6, 6.07) is 6.29. The first-order chi connectivity index (χ1) is 10.2. The third kappa shape index (κ3) is 6.30. The third-order valence-electron chi connectivity index (χ3n) is 3.20. The van der Waals surface area contributed by atoms with Crippen LogP contribution in [0.25, 0.3) is 0 Å². The number of likely N-dealkylation sites (N-methyl/N-ethyl adjacent to an activating group) is 1. The highest BCUT2D eigenvalue weighted by atomic mass is 19.1. The molecule has 1 unspecified atom stereocenters. The quantitative estimate of drug-likeness (QED) is 0.847. The van der Waals surface area contributed by atoms with E-state index < -0.39 is 11.7 Å². The Balaban J connectivity index is 2.48. The molecule has 3 N–H and O–H groups in total. The van der Waals surface area contributed by atoms with Gasteiger partial charge >= 0.3 is 6.09 Å². The largest absolute Gasteiger partial charge is 0.444 e. The van der Waals surface area contributed by atoms with E-state index in [1.807, 2.05) is 32.7 Å². The van der Waals surface area contributed by atoms with E-state index in [0.717, 1.165) is 5.69 Å². The molecule has 1 amide bonds. The Hall–Kier alpha value is -1.82. The fourth-order valence-electron chi connectivity index (χ4n) is 2.01. The van der Waals surface area contributed by atoms with E-state index in [-0.39, 0.29) is 11.9 Å². The molecule has 0 aliphatic rings. The van der Waals surface area contributed by atoms with Gasteiger partial charge < -0.3 is 20.7 Å².